The average molecular weight is 289 g/mol. The molecule has 0 aromatic heterocycles. The van der Waals surface area contributed by atoms with Crippen LogP contribution >= 0.6 is 0 Å². The Kier molecular flexibility index (Phi) is 5.98. The van der Waals surface area contributed by atoms with E-state index in [4.69, 9.17) is 4.43 Å². The second-order valence-corrected chi connectivity index (χ2v) is 11.8. The number of hydrogen-bond donors (Lipinski definition) is 0. The van der Waals surface area contributed by atoms with E-state index in [2.05, 4.69) is 47.6 Å². The first-order valence-corrected chi connectivity index (χ1v) is 9.62. The van der Waals surface area contributed by atoms with Crippen LogP contribution in [0.1, 0.15) is 53.2 Å². The molecule has 0 spiro atoms. The monoisotopic (exact) mass is 289 g/mol. The van der Waals surface area contributed by atoms with Crippen molar-refractivity contribution in [1.82, 2.24) is 0 Å². The maximum absolute atomic E-state index is 9.54. The van der Waals surface area contributed by atoms with Crippen LogP contribution in [0.15, 0.2) is 30.3 Å². The molecule has 0 radical (unpaired) electrons. The lowest BCUT2D eigenvalue weighted by Gasteiger charge is -2.43. The van der Waals surface area contributed by atoms with Crippen LogP contribution in [0.2, 0.25) is 16.6 Å². The lowest BCUT2D eigenvalue weighted by molar-refractivity contribution is 0.227. The molecule has 2 nitrogen and oxygen atoms in total. The van der Waals surface area contributed by atoms with Gasteiger partial charge in [-0.3, -0.25) is 0 Å². The lowest BCUT2D eigenvalue weighted by atomic mass is 10.1. The van der Waals surface area contributed by atoms with Crippen LogP contribution in [0, 0.1) is 11.3 Å². The van der Waals surface area contributed by atoms with Crippen molar-refractivity contribution < 1.29 is 4.43 Å². The molecule has 1 aromatic rings. The maximum atomic E-state index is 9.54. The van der Waals surface area contributed by atoms with Gasteiger partial charge < -0.3 is 4.43 Å². The summed E-state index contributed by atoms with van der Waals surface area (Å²) >= 11 is 0. The molecule has 1 unspecified atom stereocenters. The van der Waals surface area contributed by atoms with Crippen molar-refractivity contribution >= 4 is 8.32 Å². The zero-order valence-corrected chi connectivity index (χ0v) is 14.6. The summed E-state index contributed by atoms with van der Waals surface area (Å²) in [5.41, 5.74) is 2.43. The smallest absolute Gasteiger partial charge is 0.202 e. The van der Waals surface area contributed by atoms with E-state index in [1.807, 2.05) is 30.3 Å². The highest BCUT2D eigenvalue weighted by molar-refractivity contribution is 6.77. The summed E-state index contributed by atoms with van der Waals surface area (Å²) < 4.78 is 6.54. The molecule has 0 fully saturated rings. The van der Waals surface area contributed by atoms with Crippen LogP contribution in [0.5, 0.6) is 0 Å². The van der Waals surface area contributed by atoms with Gasteiger partial charge in [-0.25, -0.2) is 0 Å². The predicted octanol–water partition coefficient (Wildman–Crippen LogP) is 5.44. The standard InChI is InChI=1S/C17H27NOSi/c1-13(2)20(14(3)4,15(5)6)19-17(12-18)16-10-8-7-9-11-16/h7-11,13-15,17H,1-6H3. The van der Waals surface area contributed by atoms with E-state index in [0.29, 0.717) is 16.6 Å². The first-order valence-electron chi connectivity index (χ1n) is 7.48. The Morgan fingerprint density at radius 2 is 1.35 bits per heavy atom. The van der Waals surface area contributed by atoms with Crippen LogP contribution in [0.3, 0.4) is 0 Å². The molecule has 0 bridgehead atoms. The molecule has 0 aliphatic carbocycles. The third kappa shape index (κ3) is 3.31. The van der Waals surface area contributed by atoms with Gasteiger partial charge in [-0.05, 0) is 22.2 Å². The van der Waals surface area contributed by atoms with Gasteiger partial charge in [0, 0.05) is 0 Å². The highest BCUT2D eigenvalue weighted by atomic mass is 28.4. The summed E-state index contributed by atoms with van der Waals surface area (Å²) in [4.78, 5) is 0. The third-order valence-corrected chi connectivity index (χ3v) is 10.3. The van der Waals surface area contributed by atoms with Gasteiger partial charge in [-0.1, -0.05) is 71.9 Å². The van der Waals surface area contributed by atoms with E-state index in [-0.39, 0.29) is 0 Å². The van der Waals surface area contributed by atoms with Gasteiger partial charge in [0.1, 0.15) is 0 Å². The quantitative estimate of drug-likeness (QED) is 0.653. The summed E-state index contributed by atoms with van der Waals surface area (Å²) in [6.45, 7) is 13.5. The molecule has 0 aliphatic rings. The molecule has 20 heavy (non-hydrogen) atoms. The summed E-state index contributed by atoms with van der Waals surface area (Å²) in [5, 5.41) is 9.54. The molecule has 0 amide bonds. The van der Waals surface area contributed by atoms with E-state index < -0.39 is 14.4 Å². The molecule has 0 saturated carbocycles. The molecule has 110 valence electrons. The minimum Gasteiger partial charge on any atom is -0.397 e. The van der Waals surface area contributed by atoms with Gasteiger partial charge >= 0.3 is 0 Å². The molecule has 0 heterocycles. The van der Waals surface area contributed by atoms with E-state index in [0.717, 1.165) is 5.56 Å². The molecular weight excluding hydrogens is 262 g/mol. The largest absolute Gasteiger partial charge is 0.397 e. The SMILES string of the molecule is CC(C)[Si](OC(C#N)c1ccccc1)(C(C)C)C(C)C. The van der Waals surface area contributed by atoms with Gasteiger partial charge in [0.05, 0.1) is 6.07 Å². The zero-order chi connectivity index (χ0) is 15.3. The first-order chi connectivity index (χ1) is 9.36. The Bertz CT molecular complexity index is 426. The topological polar surface area (TPSA) is 33.0 Å². The normalized spacial score (nSPS) is 13.8. The second kappa shape index (κ2) is 7.06. The lowest BCUT2D eigenvalue weighted by Crippen LogP contribution is -2.48. The van der Waals surface area contributed by atoms with Crippen LogP contribution in [-0.4, -0.2) is 8.32 Å². The molecular formula is C17H27NOSi. The van der Waals surface area contributed by atoms with Crippen LogP contribution in [0.4, 0.5) is 0 Å². The molecule has 1 atom stereocenters. The van der Waals surface area contributed by atoms with Crippen molar-refractivity contribution in [3.8, 4) is 6.07 Å². The highest BCUT2D eigenvalue weighted by Gasteiger charge is 2.46. The number of hydrogen-bond acceptors (Lipinski definition) is 2. The maximum Gasteiger partial charge on any atom is 0.202 e. The molecule has 0 aliphatic heterocycles. The fourth-order valence-electron chi connectivity index (χ4n) is 3.41. The Hall–Kier alpha value is -1.11. The second-order valence-electron chi connectivity index (χ2n) is 6.36. The van der Waals surface area contributed by atoms with Crippen LogP contribution in [-0.2, 0) is 4.43 Å². The van der Waals surface area contributed by atoms with Gasteiger partial charge in [0.25, 0.3) is 0 Å². The minimum atomic E-state index is -2.02. The summed E-state index contributed by atoms with van der Waals surface area (Å²) in [6.07, 6.45) is -0.449. The van der Waals surface area contributed by atoms with Crippen molar-refractivity contribution in [2.45, 2.75) is 64.3 Å². The van der Waals surface area contributed by atoms with E-state index >= 15 is 0 Å². The molecule has 0 N–H and O–H groups in total. The van der Waals surface area contributed by atoms with Crippen molar-refractivity contribution in [2.24, 2.45) is 0 Å². The van der Waals surface area contributed by atoms with E-state index in [1.165, 1.54) is 0 Å². The number of rotatable bonds is 6. The Morgan fingerprint density at radius 1 is 0.900 bits per heavy atom. The molecule has 1 rings (SSSR count). The fraction of sp³-hybridized carbons (Fsp3) is 0.588. The highest BCUT2D eigenvalue weighted by Crippen LogP contribution is 2.44. The third-order valence-electron chi connectivity index (χ3n) is 4.25. The van der Waals surface area contributed by atoms with Crippen LogP contribution in [0.25, 0.3) is 0 Å². The Balaban J connectivity index is 3.15. The number of benzene rings is 1. The van der Waals surface area contributed by atoms with Gasteiger partial charge in [0.2, 0.25) is 8.32 Å². The minimum absolute atomic E-state index is 0.449. The predicted molar refractivity (Wildman–Crippen MR) is 86.9 cm³/mol. The summed E-state index contributed by atoms with van der Waals surface area (Å²) in [5.74, 6) is 0. The van der Waals surface area contributed by atoms with Gasteiger partial charge in [0.15, 0.2) is 6.10 Å². The fourth-order valence-corrected chi connectivity index (χ4v) is 8.82. The molecule has 0 saturated heterocycles. The van der Waals surface area contributed by atoms with Crippen molar-refractivity contribution in [3.63, 3.8) is 0 Å². The molecule has 1 aromatic carbocycles. The van der Waals surface area contributed by atoms with Crippen molar-refractivity contribution in [2.75, 3.05) is 0 Å². The zero-order valence-electron chi connectivity index (χ0n) is 13.6. The number of nitriles is 1. The van der Waals surface area contributed by atoms with E-state index in [9.17, 15) is 5.26 Å². The summed E-state index contributed by atoms with van der Waals surface area (Å²) in [6, 6.07) is 12.2. The van der Waals surface area contributed by atoms with Gasteiger partial charge in [-0.15, -0.1) is 0 Å². The average Bonchev–Trinajstić information content (AvgIpc) is 2.39. The first kappa shape index (κ1) is 16.9. The molecule has 3 heteroatoms. The van der Waals surface area contributed by atoms with Crippen molar-refractivity contribution in [1.29, 1.82) is 5.26 Å². The van der Waals surface area contributed by atoms with Gasteiger partial charge in [-0.2, -0.15) is 5.26 Å². The Morgan fingerprint density at radius 3 is 1.70 bits per heavy atom. The van der Waals surface area contributed by atoms with Crippen LogP contribution < -0.4 is 0 Å². The van der Waals surface area contributed by atoms with E-state index in [1.54, 1.807) is 0 Å². The summed E-state index contributed by atoms with van der Waals surface area (Å²) in [7, 11) is -2.02. The Labute approximate surface area is 124 Å². The van der Waals surface area contributed by atoms with Crippen molar-refractivity contribution in [3.05, 3.63) is 35.9 Å². The number of nitrogens with zero attached hydrogens (tertiary/aromatic N) is 1.